The third-order valence-corrected chi connectivity index (χ3v) is 12.4. The van der Waals surface area contributed by atoms with E-state index in [1.54, 1.807) is 0 Å². The molecule has 0 N–H and O–H groups in total. The van der Waals surface area contributed by atoms with E-state index in [4.69, 9.17) is 4.43 Å². The lowest BCUT2D eigenvalue weighted by atomic mass is 9.80. The van der Waals surface area contributed by atoms with E-state index in [0.29, 0.717) is 19.3 Å². The van der Waals surface area contributed by atoms with Gasteiger partial charge in [-0.15, -0.1) is 0 Å². The van der Waals surface area contributed by atoms with Crippen LogP contribution in [-0.2, 0) is 4.43 Å². The molecule has 164 valence electrons. The molecule has 0 amide bonds. The fourth-order valence-corrected chi connectivity index (χ4v) is 6.40. The minimum absolute atomic E-state index is 0.200. The molecule has 1 saturated carbocycles. The molecule has 1 aliphatic heterocycles. The molecule has 3 nitrogen and oxygen atoms in total. The molecule has 1 unspecified atom stereocenters. The normalized spacial score (nSPS) is 26.5. The molecule has 0 spiro atoms. The number of halogens is 1. The molecule has 30 heavy (non-hydrogen) atoms. The molecule has 1 aromatic heterocycles. The number of hydrogen-bond acceptors (Lipinski definition) is 2. The second kappa shape index (κ2) is 7.59. The molecular weight excluding hydrogens is 391 g/mol. The van der Waals surface area contributed by atoms with E-state index in [1.807, 2.05) is 12.5 Å². The van der Waals surface area contributed by atoms with Gasteiger partial charge in [-0.1, -0.05) is 39.0 Å². The van der Waals surface area contributed by atoms with Gasteiger partial charge in [0, 0.05) is 11.7 Å². The van der Waals surface area contributed by atoms with Gasteiger partial charge >= 0.3 is 0 Å². The van der Waals surface area contributed by atoms with E-state index in [-0.39, 0.29) is 17.2 Å². The van der Waals surface area contributed by atoms with Crippen molar-refractivity contribution in [2.75, 3.05) is 0 Å². The van der Waals surface area contributed by atoms with Crippen LogP contribution in [0.3, 0.4) is 0 Å². The Kier molecular flexibility index (Phi) is 5.51. The van der Waals surface area contributed by atoms with Gasteiger partial charge in [0.2, 0.25) is 0 Å². The van der Waals surface area contributed by atoms with Crippen LogP contribution in [0, 0.1) is 6.92 Å². The fraction of sp³-hybridized carbons (Fsp3) is 0.640. The summed E-state index contributed by atoms with van der Waals surface area (Å²) in [5.74, 6) is 0. The van der Waals surface area contributed by atoms with Crippen LogP contribution in [0.4, 0.5) is 4.39 Å². The topological polar surface area (TPSA) is 27.1 Å². The average molecular weight is 429 g/mol. The summed E-state index contributed by atoms with van der Waals surface area (Å²) in [5.41, 5.74) is 3.99. The van der Waals surface area contributed by atoms with Crippen LogP contribution in [0.15, 0.2) is 30.7 Å². The van der Waals surface area contributed by atoms with Crippen molar-refractivity contribution >= 4 is 8.32 Å². The summed E-state index contributed by atoms with van der Waals surface area (Å²) in [6.07, 6.45) is 8.45. The number of aromatic nitrogens is 2. The minimum Gasteiger partial charge on any atom is -0.414 e. The molecule has 1 aromatic carbocycles. The second-order valence-electron chi connectivity index (χ2n) is 11.0. The molecule has 0 radical (unpaired) electrons. The number of alkyl halides is 1. The van der Waals surface area contributed by atoms with Crippen molar-refractivity contribution in [3.05, 3.63) is 41.9 Å². The molecule has 2 aliphatic rings. The van der Waals surface area contributed by atoms with Gasteiger partial charge in [-0.2, -0.15) is 0 Å². The first-order chi connectivity index (χ1) is 14.0. The summed E-state index contributed by atoms with van der Waals surface area (Å²) in [7, 11) is -1.79. The van der Waals surface area contributed by atoms with Crippen molar-refractivity contribution in [1.82, 2.24) is 9.55 Å². The Labute approximate surface area is 182 Å². The lowest BCUT2D eigenvalue weighted by molar-refractivity contribution is 0.0302. The Morgan fingerprint density at radius 3 is 2.60 bits per heavy atom. The minimum atomic E-state index is -1.79. The van der Waals surface area contributed by atoms with Gasteiger partial charge in [0.15, 0.2) is 8.32 Å². The van der Waals surface area contributed by atoms with Crippen molar-refractivity contribution in [2.45, 2.75) is 102 Å². The Hall–Kier alpha value is -1.46. The van der Waals surface area contributed by atoms with Gasteiger partial charge in [-0.25, -0.2) is 9.37 Å². The highest BCUT2D eigenvalue weighted by molar-refractivity contribution is 6.74. The zero-order valence-electron chi connectivity index (χ0n) is 19.5. The highest BCUT2D eigenvalue weighted by Gasteiger charge is 2.43. The predicted molar refractivity (Wildman–Crippen MR) is 124 cm³/mol. The van der Waals surface area contributed by atoms with E-state index in [9.17, 15) is 0 Å². The standard InChI is InChI=1S/C25H37FN2OSi/c1-18-8-7-9-20-21(28-17-27-16-22(28)23(18)20)12-15-25(26)13-10-19(11-14-25)29-30(5,6)24(2,3)4/h7-9,16-17,19,21H,10-15H2,1-6H3. The predicted octanol–water partition coefficient (Wildman–Crippen LogP) is 7.21. The van der Waals surface area contributed by atoms with E-state index in [2.05, 4.69) is 68.5 Å². The Morgan fingerprint density at radius 2 is 1.93 bits per heavy atom. The molecule has 0 bridgehead atoms. The van der Waals surface area contributed by atoms with E-state index >= 15 is 4.39 Å². The summed E-state index contributed by atoms with van der Waals surface area (Å²) in [6.45, 7) is 13.6. The fourth-order valence-electron chi connectivity index (χ4n) is 4.97. The number of nitrogens with zero attached hydrogens (tertiary/aromatic N) is 2. The van der Waals surface area contributed by atoms with Gasteiger partial charge in [0.25, 0.3) is 0 Å². The Morgan fingerprint density at radius 1 is 1.23 bits per heavy atom. The molecule has 0 saturated heterocycles. The molecular formula is C25H37FN2OSi. The van der Waals surface area contributed by atoms with Gasteiger partial charge in [0.05, 0.1) is 24.3 Å². The van der Waals surface area contributed by atoms with Crippen molar-refractivity contribution in [3.8, 4) is 11.3 Å². The molecule has 1 aliphatic carbocycles. The van der Waals surface area contributed by atoms with Gasteiger partial charge in [-0.3, -0.25) is 0 Å². The highest BCUT2D eigenvalue weighted by Crippen LogP contribution is 2.46. The summed E-state index contributed by atoms with van der Waals surface area (Å²) < 4.78 is 24.6. The van der Waals surface area contributed by atoms with Crippen LogP contribution >= 0.6 is 0 Å². The molecule has 2 heterocycles. The monoisotopic (exact) mass is 428 g/mol. The number of imidazole rings is 1. The van der Waals surface area contributed by atoms with Crippen LogP contribution in [0.25, 0.3) is 11.3 Å². The maximum absolute atomic E-state index is 15.8. The highest BCUT2D eigenvalue weighted by atomic mass is 28.4. The van der Waals surface area contributed by atoms with Crippen LogP contribution in [0.2, 0.25) is 18.1 Å². The number of hydrogen-bond donors (Lipinski definition) is 0. The molecule has 1 fully saturated rings. The van der Waals surface area contributed by atoms with E-state index in [1.165, 1.54) is 22.4 Å². The first-order valence-corrected chi connectivity index (χ1v) is 14.4. The zero-order valence-corrected chi connectivity index (χ0v) is 20.5. The summed E-state index contributed by atoms with van der Waals surface area (Å²) in [6, 6.07) is 6.68. The van der Waals surface area contributed by atoms with Crippen LogP contribution < -0.4 is 0 Å². The van der Waals surface area contributed by atoms with Gasteiger partial charge in [-0.05, 0) is 74.7 Å². The smallest absolute Gasteiger partial charge is 0.192 e. The average Bonchev–Trinajstić information content (AvgIpc) is 3.22. The Balaban J connectivity index is 1.40. The Bertz CT molecular complexity index is 906. The third-order valence-electron chi connectivity index (χ3n) is 7.88. The first-order valence-electron chi connectivity index (χ1n) is 11.5. The summed E-state index contributed by atoms with van der Waals surface area (Å²) >= 11 is 0. The van der Waals surface area contributed by atoms with E-state index < -0.39 is 14.0 Å². The van der Waals surface area contributed by atoms with Gasteiger partial charge < -0.3 is 8.99 Å². The lowest BCUT2D eigenvalue weighted by Crippen LogP contribution is -2.46. The lowest BCUT2D eigenvalue weighted by Gasteiger charge is -2.42. The SMILES string of the molecule is Cc1cccc2c1-c1cncn1C2CCC1(F)CCC(O[Si](C)(C)C(C)(C)C)CC1. The molecule has 5 heteroatoms. The summed E-state index contributed by atoms with van der Waals surface area (Å²) in [4.78, 5) is 4.37. The van der Waals surface area contributed by atoms with Gasteiger partial charge in [0.1, 0.15) is 5.67 Å². The number of rotatable bonds is 5. The van der Waals surface area contributed by atoms with Crippen molar-refractivity contribution in [3.63, 3.8) is 0 Å². The quantitative estimate of drug-likeness (QED) is 0.470. The third kappa shape index (κ3) is 3.91. The maximum Gasteiger partial charge on any atom is 0.192 e. The van der Waals surface area contributed by atoms with Crippen molar-refractivity contribution in [1.29, 1.82) is 0 Å². The van der Waals surface area contributed by atoms with Crippen LogP contribution in [0.1, 0.15) is 76.5 Å². The number of fused-ring (bicyclic) bond motifs is 3. The zero-order chi connectivity index (χ0) is 21.7. The second-order valence-corrected chi connectivity index (χ2v) is 15.8. The first kappa shape index (κ1) is 21.8. The molecule has 1 atom stereocenters. The maximum atomic E-state index is 15.8. The molecule has 4 rings (SSSR count). The van der Waals surface area contributed by atoms with Crippen molar-refractivity contribution < 1.29 is 8.82 Å². The van der Waals surface area contributed by atoms with Crippen molar-refractivity contribution in [2.24, 2.45) is 0 Å². The van der Waals surface area contributed by atoms with Crippen LogP contribution in [0.5, 0.6) is 0 Å². The molecule has 2 aromatic rings. The number of benzene rings is 1. The number of aryl methyl sites for hydroxylation is 1. The largest absolute Gasteiger partial charge is 0.414 e. The summed E-state index contributed by atoms with van der Waals surface area (Å²) in [5, 5.41) is 0.202. The van der Waals surface area contributed by atoms with E-state index in [0.717, 1.165) is 19.3 Å². The van der Waals surface area contributed by atoms with Crippen LogP contribution in [-0.4, -0.2) is 29.6 Å².